The lowest BCUT2D eigenvalue weighted by Crippen LogP contribution is -2.56. The summed E-state index contributed by atoms with van der Waals surface area (Å²) in [7, 11) is 0. The Bertz CT molecular complexity index is 262. The third-order valence-electron chi connectivity index (χ3n) is 2.71. The first-order valence-corrected chi connectivity index (χ1v) is 6.32. The molecule has 15 heavy (non-hydrogen) atoms. The minimum atomic E-state index is -0.610. The molecule has 4 N–H and O–H groups in total. The maximum Gasteiger partial charge on any atom is 0.230 e. The van der Waals surface area contributed by atoms with Crippen molar-refractivity contribution in [3.8, 4) is 0 Å². The molecule has 0 aromatic carbocycles. The molecule has 0 atom stereocenters. The second-order valence-electron chi connectivity index (χ2n) is 3.76. The van der Waals surface area contributed by atoms with Crippen LogP contribution in [0.25, 0.3) is 0 Å². The SMILES string of the molecule is CSCC(=O)NC1(C(N)=NO)CCCC1. The highest BCUT2D eigenvalue weighted by molar-refractivity contribution is 7.99. The predicted molar refractivity (Wildman–Crippen MR) is 61.1 cm³/mol. The number of carbonyl (C=O) groups excluding carboxylic acids is 1. The van der Waals surface area contributed by atoms with Gasteiger partial charge in [-0.3, -0.25) is 4.79 Å². The highest BCUT2D eigenvalue weighted by Crippen LogP contribution is 2.29. The van der Waals surface area contributed by atoms with E-state index < -0.39 is 5.54 Å². The zero-order valence-corrected chi connectivity index (χ0v) is 9.64. The molecule has 1 fully saturated rings. The number of oxime groups is 1. The van der Waals surface area contributed by atoms with Crippen molar-refractivity contribution < 1.29 is 10.0 Å². The highest BCUT2D eigenvalue weighted by Gasteiger charge is 2.39. The lowest BCUT2D eigenvalue weighted by Gasteiger charge is -2.28. The van der Waals surface area contributed by atoms with E-state index >= 15 is 0 Å². The predicted octanol–water partition coefficient (Wildman–Crippen LogP) is 0.525. The number of nitrogens with zero attached hydrogens (tertiary/aromatic N) is 1. The average molecular weight is 231 g/mol. The number of carbonyl (C=O) groups is 1. The minimum Gasteiger partial charge on any atom is -0.409 e. The van der Waals surface area contributed by atoms with Crippen LogP contribution in [0, 0.1) is 0 Å². The van der Waals surface area contributed by atoms with Gasteiger partial charge < -0.3 is 16.3 Å². The van der Waals surface area contributed by atoms with Crippen molar-refractivity contribution in [1.29, 1.82) is 0 Å². The van der Waals surface area contributed by atoms with E-state index in [1.807, 2.05) is 6.26 Å². The standard InChI is InChI=1S/C9H17N3O2S/c1-15-6-7(13)11-9(8(10)12-14)4-2-3-5-9/h14H,2-6H2,1H3,(H2,10,12)(H,11,13). The molecular weight excluding hydrogens is 214 g/mol. The zero-order chi connectivity index (χ0) is 11.3. The highest BCUT2D eigenvalue weighted by atomic mass is 32.2. The molecule has 86 valence electrons. The van der Waals surface area contributed by atoms with Gasteiger partial charge in [0.15, 0.2) is 5.84 Å². The summed E-state index contributed by atoms with van der Waals surface area (Å²) in [5, 5.41) is 14.6. The molecule has 0 aromatic heterocycles. The molecular formula is C9H17N3O2S. The molecule has 1 aliphatic carbocycles. The molecule has 0 radical (unpaired) electrons. The summed E-state index contributed by atoms with van der Waals surface area (Å²) in [5.41, 5.74) is 5.03. The third kappa shape index (κ3) is 2.77. The molecule has 1 aliphatic rings. The first-order chi connectivity index (χ1) is 7.14. The van der Waals surface area contributed by atoms with Gasteiger partial charge in [0, 0.05) is 0 Å². The molecule has 5 nitrogen and oxygen atoms in total. The van der Waals surface area contributed by atoms with Crippen LogP contribution in [0.3, 0.4) is 0 Å². The number of thioether (sulfide) groups is 1. The molecule has 0 bridgehead atoms. The lowest BCUT2D eigenvalue weighted by molar-refractivity contribution is -0.119. The molecule has 0 saturated heterocycles. The summed E-state index contributed by atoms with van der Waals surface area (Å²) in [6.07, 6.45) is 5.36. The second-order valence-corrected chi connectivity index (χ2v) is 4.62. The van der Waals surface area contributed by atoms with Crippen molar-refractivity contribution in [2.45, 2.75) is 31.2 Å². The van der Waals surface area contributed by atoms with Crippen LogP contribution in [0.2, 0.25) is 0 Å². The van der Waals surface area contributed by atoms with E-state index in [2.05, 4.69) is 10.5 Å². The topological polar surface area (TPSA) is 87.7 Å². The fourth-order valence-corrected chi connectivity index (χ4v) is 2.29. The Morgan fingerprint density at radius 2 is 2.20 bits per heavy atom. The van der Waals surface area contributed by atoms with E-state index in [0.717, 1.165) is 25.7 Å². The normalized spacial score (nSPS) is 20.2. The van der Waals surface area contributed by atoms with Crippen LogP contribution in [-0.4, -0.2) is 34.5 Å². The Hall–Kier alpha value is -0.910. The maximum atomic E-state index is 11.5. The van der Waals surface area contributed by atoms with Gasteiger partial charge >= 0.3 is 0 Å². The van der Waals surface area contributed by atoms with Crippen molar-refractivity contribution >= 4 is 23.5 Å². The molecule has 1 amide bonds. The van der Waals surface area contributed by atoms with Crippen LogP contribution >= 0.6 is 11.8 Å². The number of nitrogens with one attached hydrogen (secondary N) is 1. The van der Waals surface area contributed by atoms with Crippen LogP contribution in [0.5, 0.6) is 0 Å². The Labute approximate surface area is 93.5 Å². The van der Waals surface area contributed by atoms with E-state index in [1.54, 1.807) is 0 Å². The largest absolute Gasteiger partial charge is 0.409 e. The van der Waals surface area contributed by atoms with Gasteiger partial charge in [0.05, 0.1) is 5.75 Å². The van der Waals surface area contributed by atoms with Crippen LogP contribution in [0.4, 0.5) is 0 Å². The number of rotatable bonds is 4. The van der Waals surface area contributed by atoms with Crippen LogP contribution in [-0.2, 0) is 4.79 Å². The first kappa shape index (κ1) is 12.2. The Balaban J connectivity index is 2.70. The molecule has 0 heterocycles. The van der Waals surface area contributed by atoms with E-state index in [1.165, 1.54) is 11.8 Å². The van der Waals surface area contributed by atoms with Crippen molar-refractivity contribution in [2.24, 2.45) is 10.9 Å². The molecule has 0 spiro atoms. The fourth-order valence-electron chi connectivity index (χ4n) is 1.95. The number of amidine groups is 1. The summed E-state index contributed by atoms with van der Waals surface area (Å²) in [6, 6.07) is 0. The number of amides is 1. The summed E-state index contributed by atoms with van der Waals surface area (Å²) in [6.45, 7) is 0. The van der Waals surface area contributed by atoms with Crippen molar-refractivity contribution in [3.63, 3.8) is 0 Å². The molecule has 0 unspecified atom stereocenters. The van der Waals surface area contributed by atoms with Gasteiger partial charge in [0.25, 0.3) is 0 Å². The zero-order valence-electron chi connectivity index (χ0n) is 8.82. The van der Waals surface area contributed by atoms with E-state index in [9.17, 15) is 4.79 Å². The van der Waals surface area contributed by atoms with Crippen LogP contribution in [0.1, 0.15) is 25.7 Å². The Morgan fingerprint density at radius 3 is 2.67 bits per heavy atom. The van der Waals surface area contributed by atoms with Crippen LogP contribution < -0.4 is 11.1 Å². The van der Waals surface area contributed by atoms with Crippen LogP contribution in [0.15, 0.2) is 5.16 Å². The number of nitrogens with two attached hydrogens (primary N) is 1. The average Bonchev–Trinajstić information content (AvgIpc) is 2.66. The molecule has 6 heteroatoms. The number of hydrogen-bond donors (Lipinski definition) is 3. The minimum absolute atomic E-state index is 0.0593. The summed E-state index contributed by atoms with van der Waals surface area (Å²) >= 11 is 1.46. The van der Waals surface area contributed by atoms with Crippen molar-refractivity contribution in [3.05, 3.63) is 0 Å². The Kier molecular flexibility index (Phi) is 4.26. The van der Waals surface area contributed by atoms with Crippen molar-refractivity contribution in [2.75, 3.05) is 12.0 Å². The van der Waals surface area contributed by atoms with E-state index in [4.69, 9.17) is 10.9 Å². The number of hydrogen-bond acceptors (Lipinski definition) is 4. The molecule has 0 aliphatic heterocycles. The van der Waals surface area contributed by atoms with Gasteiger partial charge in [-0.25, -0.2) is 0 Å². The van der Waals surface area contributed by atoms with Gasteiger partial charge in [-0.1, -0.05) is 18.0 Å². The van der Waals surface area contributed by atoms with E-state index in [-0.39, 0.29) is 11.7 Å². The van der Waals surface area contributed by atoms with Gasteiger partial charge in [0.1, 0.15) is 5.54 Å². The van der Waals surface area contributed by atoms with Gasteiger partial charge in [0.2, 0.25) is 5.91 Å². The van der Waals surface area contributed by atoms with E-state index in [0.29, 0.717) is 5.75 Å². The fraction of sp³-hybridized carbons (Fsp3) is 0.778. The summed E-state index contributed by atoms with van der Waals surface area (Å²) in [4.78, 5) is 11.5. The summed E-state index contributed by atoms with van der Waals surface area (Å²) < 4.78 is 0. The monoisotopic (exact) mass is 231 g/mol. The quantitative estimate of drug-likeness (QED) is 0.285. The molecule has 0 aromatic rings. The van der Waals surface area contributed by atoms with Gasteiger partial charge in [-0.05, 0) is 19.1 Å². The first-order valence-electron chi connectivity index (χ1n) is 4.92. The van der Waals surface area contributed by atoms with Gasteiger partial charge in [-0.15, -0.1) is 0 Å². The molecule has 1 rings (SSSR count). The third-order valence-corrected chi connectivity index (χ3v) is 3.26. The second kappa shape index (κ2) is 5.25. The maximum absolute atomic E-state index is 11.5. The Morgan fingerprint density at radius 1 is 1.60 bits per heavy atom. The van der Waals surface area contributed by atoms with Gasteiger partial charge in [-0.2, -0.15) is 11.8 Å². The lowest BCUT2D eigenvalue weighted by atomic mass is 9.96. The van der Waals surface area contributed by atoms with Crippen molar-refractivity contribution in [1.82, 2.24) is 5.32 Å². The molecule has 1 saturated carbocycles. The smallest absolute Gasteiger partial charge is 0.230 e. The summed E-state index contributed by atoms with van der Waals surface area (Å²) in [5.74, 6) is 0.464.